The van der Waals surface area contributed by atoms with Gasteiger partial charge in [-0.15, -0.1) is 0 Å². The fourth-order valence-corrected chi connectivity index (χ4v) is 196. The maximum atomic E-state index is 1.69. The molecule has 0 fully saturated rings. The Morgan fingerprint density at radius 3 is 1.12 bits per heavy atom. The first-order chi connectivity index (χ1) is 8.50. The van der Waals surface area contributed by atoms with E-state index < -0.39 is 0 Å². The molecule has 0 aliphatic carbocycles. The maximum absolute atomic E-state index is 1.69. The third-order valence-corrected chi connectivity index (χ3v) is 114. The zero-order chi connectivity index (χ0) is 12.0. The molecule has 0 saturated carbocycles. The van der Waals surface area contributed by atoms with Gasteiger partial charge in [-0.05, 0) is 0 Å². The van der Waals surface area contributed by atoms with Crippen LogP contribution >= 0.6 is 0 Å². The van der Waals surface area contributed by atoms with Crippen LogP contribution in [0.1, 0.15) is 57.8 Å². The van der Waals surface area contributed by atoms with E-state index in [2.05, 4.69) is 0 Å². The number of hydrogen-bond donors (Lipinski definition) is 0. The van der Waals surface area contributed by atoms with Crippen molar-refractivity contribution < 1.29 is 0 Å². The molecule has 0 unspecified atom stereocenters. The summed E-state index contributed by atoms with van der Waals surface area (Å²) in [6, 6.07) is 0. The minimum absolute atomic E-state index is 0.904. The molecule has 0 aromatic rings. The summed E-state index contributed by atoms with van der Waals surface area (Å²) in [5, 5.41) is 3.38. The molecule has 0 nitrogen and oxygen atoms in total. The van der Waals surface area contributed by atoms with Gasteiger partial charge in [-0.3, -0.25) is 0 Å². The van der Waals surface area contributed by atoms with Crippen LogP contribution in [0, 0.1) is 0 Å². The predicted molar refractivity (Wildman–Crippen MR) is 94.1 cm³/mol. The molecular weight excluding hydrogens is 606 g/mol. The Bertz CT molecular complexity index is 224. The van der Waals surface area contributed by atoms with Crippen LogP contribution in [0.4, 0.5) is 0 Å². The van der Waals surface area contributed by atoms with E-state index in [-0.39, 0.29) is 0 Å². The van der Waals surface area contributed by atoms with Gasteiger partial charge >= 0.3 is 137 Å². The molecule has 0 aromatic carbocycles. The Morgan fingerprint density at radius 1 is 0.353 bits per heavy atom. The summed E-state index contributed by atoms with van der Waals surface area (Å²) in [4.78, 5) is 0. The second kappa shape index (κ2) is 15.5. The van der Waals surface area contributed by atoms with Crippen LogP contribution in [-0.4, -0.2) is 68.3 Å². The summed E-state index contributed by atoms with van der Waals surface area (Å²) in [6.45, 7) is 0. The molecule has 1 heterocycles. The van der Waals surface area contributed by atoms with Crippen LogP contribution in [0.25, 0.3) is 0 Å². The Morgan fingerprint density at radius 2 is 0.706 bits per heavy atom. The predicted octanol–water partition coefficient (Wildman–Crippen LogP) is 0.541. The van der Waals surface area contributed by atoms with E-state index >= 15 is 0 Å². The van der Waals surface area contributed by atoms with Crippen molar-refractivity contribution in [3.8, 4) is 0 Å². The van der Waals surface area contributed by atoms with Crippen LogP contribution in [0.5, 0.6) is 0 Å². The molecule has 0 N–H and O–H groups in total. The van der Waals surface area contributed by atoms with Crippen LogP contribution < -0.4 is 0 Å². The molecular formula is C11H28Se6. The van der Waals surface area contributed by atoms with Gasteiger partial charge in [0.15, 0.2) is 0 Å². The molecule has 1 rings (SSSR count). The number of hydrogen-bond acceptors (Lipinski definition) is 0. The molecule has 0 atom stereocenters. The molecule has 0 saturated heterocycles. The van der Waals surface area contributed by atoms with E-state index in [0.29, 0.717) is 0 Å². The van der Waals surface area contributed by atoms with Gasteiger partial charge in [0.2, 0.25) is 0 Å². The summed E-state index contributed by atoms with van der Waals surface area (Å²) >= 11 is 1.81. The van der Waals surface area contributed by atoms with Crippen LogP contribution in [0.15, 0.2) is 0 Å². The first-order valence-electron chi connectivity index (χ1n) is 6.63. The van der Waals surface area contributed by atoms with E-state index in [1.54, 1.807) is 49.2 Å². The van der Waals surface area contributed by atoms with Crippen molar-refractivity contribution >= 4 is 68.3 Å². The average molecular weight is 634 g/mol. The summed E-state index contributed by atoms with van der Waals surface area (Å²) in [5.41, 5.74) is 0. The SMILES string of the molecule is C1CCCCC[SeH]=[SeH][SeH]=[SeH][SeH]=[SeH]CCCCC1. The zero-order valence-corrected chi connectivity index (χ0v) is 21.7. The Kier molecular flexibility index (Phi) is 16.6. The van der Waals surface area contributed by atoms with Crippen molar-refractivity contribution in [3.63, 3.8) is 0 Å². The minimum atomic E-state index is 0.904. The normalized spacial score (nSPS) is 24.0. The summed E-state index contributed by atoms with van der Waals surface area (Å²) < 4.78 is 0. The van der Waals surface area contributed by atoms with Gasteiger partial charge in [-0.2, -0.15) is 0 Å². The van der Waals surface area contributed by atoms with Crippen molar-refractivity contribution in [2.75, 3.05) is 0 Å². The monoisotopic (exact) mass is 640 g/mol. The van der Waals surface area contributed by atoms with Gasteiger partial charge < -0.3 is 0 Å². The van der Waals surface area contributed by atoms with Crippen molar-refractivity contribution in [1.82, 2.24) is 0 Å². The van der Waals surface area contributed by atoms with Gasteiger partial charge in [-0.1, -0.05) is 0 Å². The first-order valence-corrected chi connectivity index (χ1v) is 35.3. The van der Waals surface area contributed by atoms with Crippen molar-refractivity contribution in [3.05, 3.63) is 0 Å². The third kappa shape index (κ3) is 13.8. The van der Waals surface area contributed by atoms with E-state index in [1.807, 2.05) is 0 Å². The van der Waals surface area contributed by atoms with Crippen LogP contribution in [0.2, 0.25) is 10.6 Å². The van der Waals surface area contributed by atoms with E-state index in [4.69, 9.17) is 0 Å². The standard InChI is InChI=1S/C11H28Se6/c1-2-4-6-8-10-12-14-16-17-15-13-11-9-7-5-3-1/h12-17H,1-11H2. The summed E-state index contributed by atoms with van der Waals surface area (Å²) in [7, 11) is 4.00. The van der Waals surface area contributed by atoms with E-state index in [1.165, 1.54) is 19.3 Å². The van der Waals surface area contributed by atoms with Gasteiger partial charge in [-0.25, -0.2) is 0 Å². The third-order valence-electron chi connectivity index (χ3n) is 2.76. The van der Waals surface area contributed by atoms with Crippen molar-refractivity contribution in [2.24, 2.45) is 0 Å². The first kappa shape index (κ1) is 18.2. The second-order valence-electron chi connectivity index (χ2n) is 4.27. The molecule has 1 aliphatic rings. The quantitative estimate of drug-likeness (QED) is 0.342. The molecule has 0 amide bonds. The molecule has 0 spiro atoms. The Hall–Kier alpha value is 3.12. The molecule has 6 heteroatoms. The van der Waals surface area contributed by atoms with Gasteiger partial charge in [0.1, 0.15) is 0 Å². The molecule has 108 valence electrons. The Balaban J connectivity index is 2.22. The number of rotatable bonds is 0. The molecule has 0 bridgehead atoms. The molecule has 1 aliphatic heterocycles. The fraction of sp³-hybridized carbons (Fsp3) is 1.00. The van der Waals surface area contributed by atoms with Crippen molar-refractivity contribution in [1.29, 1.82) is 0 Å². The molecule has 17 heavy (non-hydrogen) atoms. The molecule has 0 radical (unpaired) electrons. The molecule has 0 aromatic heterocycles. The van der Waals surface area contributed by atoms with Crippen molar-refractivity contribution in [2.45, 2.75) is 68.4 Å². The van der Waals surface area contributed by atoms with E-state index in [9.17, 15) is 0 Å². The second-order valence-corrected chi connectivity index (χ2v) is 63.3. The van der Waals surface area contributed by atoms with Gasteiger partial charge in [0.25, 0.3) is 0 Å². The zero-order valence-electron chi connectivity index (χ0n) is 10.5. The topological polar surface area (TPSA) is 0 Å². The van der Waals surface area contributed by atoms with Gasteiger partial charge in [0.05, 0.1) is 0 Å². The Labute approximate surface area is 135 Å². The van der Waals surface area contributed by atoms with E-state index in [0.717, 1.165) is 68.3 Å². The fourth-order valence-electron chi connectivity index (χ4n) is 1.78. The summed E-state index contributed by atoms with van der Waals surface area (Å²) in [5.74, 6) is 0. The van der Waals surface area contributed by atoms with Crippen LogP contribution in [-0.2, 0) is 0 Å². The van der Waals surface area contributed by atoms with Crippen LogP contribution in [0.3, 0.4) is 0 Å². The summed E-state index contributed by atoms with van der Waals surface area (Å²) in [6.07, 6.45) is 14.1. The van der Waals surface area contributed by atoms with Gasteiger partial charge in [0, 0.05) is 0 Å². The average Bonchev–Trinajstić information content (AvgIpc) is 2.35.